The van der Waals surface area contributed by atoms with Gasteiger partial charge in [0, 0.05) is 0 Å². The molecule has 0 radical (unpaired) electrons. The number of hydrogen-bond acceptors (Lipinski definition) is 1. The van der Waals surface area contributed by atoms with Crippen LogP contribution >= 0.6 is 0 Å². The van der Waals surface area contributed by atoms with E-state index in [-0.39, 0.29) is 0 Å². The molecule has 0 saturated heterocycles. The standard InChI is InChI=1S/C12H23N/c1-2-3-8-12(11-13)9-6-4-5-7-10-12/h2-3H,4-11,13H2,1H3/b3-2+. The molecule has 0 aromatic heterocycles. The summed E-state index contributed by atoms with van der Waals surface area (Å²) in [6.45, 7) is 2.97. The molecule has 1 fully saturated rings. The molecule has 0 unspecified atom stereocenters. The van der Waals surface area contributed by atoms with Crippen LogP contribution in [0.4, 0.5) is 0 Å². The average Bonchev–Trinajstić information content (AvgIpc) is 2.41. The van der Waals surface area contributed by atoms with Gasteiger partial charge in [-0.2, -0.15) is 0 Å². The molecular weight excluding hydrogens is 158 g/mol. The predicted molar refractivity (Wildman–Crippen MR) is 58.6 cm³/mol. The van der Waals surface area contributed by atoms with Crippen molar-refractivity contribution >= 4 is 0 Å². The molecule has 0 spiro atoms. The van der Waals surface area contributed by atoms with E-state index in [4.69, 9.17) is 5.73 Å². The Morgan fingerprint density at radius 1 is 1.15 bits per heavy atom. The fourth-order valence-electron chi connectivity index (χ4n) is 2.34. The topological polar surface area (TPSA) is 26.0 Å². The maximum absolute atomic E-state index is 5.91. The Kier molecular flexibility index (Phi) is 4.51. The second-order valence-corrected chi connectivity index (χ2v) is 4.39. The van der Waals surface area contributed by atoms with Crippen LogP contribution < -0.4 is 5.73 Å². The molecule has 0 aromatic carbocycles. The highest BCUT2D eigenvalue weighted by Gasteiger charge is 2.27. The van der Waals surface area contributed by atoms with Crippen molar-refractivity contribution < 1.29 is 0 Å². The predicted octanol–water partition coefficient (Wildman–Crippen LogP) is 3.25. The van der Waals surface area contributed by atoms with Crippen LogP contribution in [0.3, 0.4) is 0 Å². The van der Waals surface area contributed by atoms with E-state index in [1.807, 2.05) is 0 Å². The Hall–Kier alpha value is -0.300. The van der Waals surface area contributed by atoms with Crippen molar-refractivity contribution in [2.75, 3.05) is 6.54 Å². The van der Waals surface area contributed by atoms with Crippen LogP contribution in [-0.4, -0.2) is 6.54 Å². The van der Waals surface area contributed by atoms with E-state index in [0.717, 1.165) is 6.54 Å². The molecule has 1 nitrogen and oxygen atoms in total. The molecule has 0 amide bonds. The highest BCUT2D eigenvalue weighted by molar-refractivity contribution is 4.91. The van der Waals surface area contributed by atoms with Gasteiger partial charge in [-0.3, -0.25) is 0 Å². The first-order valence-electron chi connectivity index (χ1n) is 5.64. The fourth-order valence-corrected chi connectivity index (χ4v) is 2.34. The van der Waals surface area contributed by atoms with Gasteiger partial charge in [-0.25, -0.2) is 0 Å². The van der Waals surface area contributed by atoms with E-state index in [2.05, 4.69) is 19.1 Å². The molecule has 0 aromatic rings. The largest absolute Gasteiger partial charge is 0.330 e. The fraction of sp³-hybridized carbons (Fsp3) is 0.833. The summed E-state index contributed by atoms with van der Waals surface area (Å²) in [4.78, 5) is 0. The van der Waals surface area contributed by atoms with Gasteiger partial charge in [0.15, 0.2) is 0 Å². The summed E-state index contributed by atoms with van der Waals surface area (Å²) in [5.74, 6) is 0. The molecule has 1 heteroatoms. The van der Waals surface area contributed by atoms with Crippen molar-refractivity contribution in [1.82, 2.24) is 0 Å². The summed E-state index contributed by atoms with van der Waals surface area (Å²) in [5.41, 5.74) is 6.36. The average molecular weight is 181 g/mol. The quantitative estimate of drug-likeness (QED) is 0.525. The molecular formula is C12H23N. The van der Waals surface area contributed by atoms with Crippen molar-refractivity contribution in [1.29, 1.82) is 0 Å². The van der Waals surface area contributed by atoms with Crippen molar-refractivity contribution in [3.63, 3.8) is 0 Å². The third-order valence-corrected chi connectivity index (χ3v) is 3.38. The molecule has 0 aliphatic heterocycles. The Balaban J connectivity index is 2.53. The zero-order valence-corrected chi connectivity index (χ0v) is 8.89. The van der Waals surface area contributed by atoms with Crippen LogP contribution in [0.5, 0.6) is 0 Å². The molecule has 1 aliphatic rings. The lowest BCUT2D eigenvalue weighted by Gasteiger charge is -2.30. The summed E-state index contributed by atoms with van der Waals surface area (Å²) in [6.07, 6.45) is 13.9. The maximum Gasteiger partial charge on any atom is -0.00176 e. The second-order valence-electron chi connectivity index (χ2n) is 4.39. The van der Waals surface area contributed by atoms with Gasteiger partial charge in [-0.15, -0.1) is 0 Å². The van der Waals surface area contributed by atoms with Crippen LogP contribution in [0.15, 0.2) is 12.2 Å². The van der Waals surface area contributed by atoms with Gasteiger partial charge in [0.25, 0.3) is 0 Å². The highest BCUT2D eigenvalue weighted by atomic mass is 14.6. The Labute approximate surface area is 82.4 Å². The van der Waals surface area contributed by atoms with E-state index in [0.29, 0.717) is 5.41 Å². The van der Waals surface area contributed by atoms with Gasteiger partial charge in [0.2, 0.25) is 0 Å². The molecule has 76 valence electrons. The van der Waals surface area contributed by atoms with Crippen LogP contribution in [0, 0.1) is 5.41 Å². The van der Waals surface area contributed by atoms with Gasteiger partial charge < -0.3 is 5.73 Å². The Morgan fingerprint density at radius 3 is 2.23 bits per heavy atom. The van der Waals surface area contributed by atoms with Gasteiger partial charge in [0.05, 0.1) is 0 Å². The van der Waals surface area contributed by atoms with E-state index in [1.165, 1.54) is 44.9 Å². The highest BCUT2D eigenvalue weighted by Crippen LogP contribution is 2.37. The minimum absolute atomic E-state index is 0.447. The summed E-state index contributed by atoms with van der Waals surface area (Å²) < 4.78 is 0. The lowest BCUT2D eigenvalue weighted by atomic mass is 9.77. The van der Waals surface area contributed by atoms with E-state index in [1.54, 1.807) is 0 Å². The molecule has 0 heterocycles. The first kappa shape index (κ1) is 10.8. The summed E-state index contributed by atoms with van der Waals surface area (Å²) in [5, 5.41) is 0. The SMILES string of the molecule is C/C=C/CC1(CN)CCCCCC1. The van der Waals surface area contributed by atoms with Crippen molar-refractivity contribution in [3.8, 4) is 0 Å². The summed E-state index contributed by atoms with van der Waals surface area (Å²) in [6, 6.07) is 0. The van der Waals surface area contributed by atoms with Gasteiger partial charge in [-0.05, 0) is 38.1 Å². The van der Waals surface area contributed by atoms with Crippen LogP contribution in [0.25, 0.3) is 0 Å². The minimum atomic E-state index is 0.447. The first-order chi connectivity index (χ1) is 6.33. The van der Waals surface area contributed by atoms with E-state index >= 15 is 0 Å². The minimum Gasteiger partial charge on any atom is -0.330 e. The molecule has 1 saturated carbocycles. The van der Waals surface area contributed by atoms with Crippen molar-refractivity contribution in [2.45, 2.75) is 51.9 Å². The van der Waals surface area contributed by atoms with Crippen LogP contribution in [0.1, 0.15) is 51.9 Å². The van der Waals surface area contributed by atoms with E-state index in [9.17, 15) is 0 Å². The Morgan fingerprint density at radius 2 is 1.77 bits per heavy atom. The molecule has 1 rings (SSSR count). The van der Waals surface area contributed by atoms with Crippen LogP contribution in [-0.2, 0) is 0 Å². The van der Waals surface area contributed by atoms with Crippen molar-refractivity contribution in [2.24, 2.45) is 11.1 Å². The number of rotatable bonds is 3. The lowest BCUT2D eigenvalue weighted by molar-refractivity contribution is 0.258. The third-order valence-electron chi connectivity index (χ3n) is 3.38. The number of allylic oxidation sites excluding steroid dienone is 2. The van der Waals surface area contributed by atoms with Crippen LogP contribution in [0.2, 0.25) is 0 Å². The lowest BCUT2D eigenvalue weighted by Crippen LogP contribution is -2.29. The number of nitrogens with two attached hydrogens (primary N) is 1. The molecule has 13 heavy (non-hydrogen) atoms. The monoisotopic (exact) mass is 181 g/mol. The maximum atomic E-state index is 5.91. The molecule has 2 N–H and O–H groups in total. The summed E-state index contributed by atoms with van der Waals surface area (Å²) >= 11 is 0. The third kappa shape index (κ3) is 3.15. The normalized spacial score (nSPS) is 23.2. The molecule has 1 aliphatic carbocycles. The zero-order chi connectivity index (χ0) is 9.57. The molecule has 0 atom stereocenters. The van der Waals surface area contributed by atoms with Gasteiger partial charge in [0.1, 0.15) is 0 Å². The second kappa shape index (κ2) is 5.43. The van der Waals surface area contributed by atoms with Gasteiger partial charge in [-0.1, -0.05) is 37.8 Å². The van der Waals surface area contributed by atoms with Gasteiger partial charge >= 0.3 is 0 Å². The zero-order valence-electron chi connectivity index (χ0n) is 8.89. The Bertz CT molecular complexity index is 153. The van der Waals surface area contributed by atoms with Crippen molar-refractivity contribution in [3.05, 3.63) is 12.2 Å². The smallest absolute Gasteiger partial charge is 0.00176 e. The molecule has 0 bridgehead atoms. The van der Waals surface area contributed by atoms with E-state index < -0.39 is 0 Å². The first-order valence-corrected chi connectivity index (χ1v) is 5.64. The number of hydrogen-bond donors (Lipinski definition) is 1. The summed E-state index contributed by atoms with van der Waals surface area (Å²) in [7, 11) is 0.